The van der Waals surface area contributed by atoms with Gasteiger partial charge in [-0.15, -0.1) is 24.0 Å². The van der Waals surface area contributed by atoms with Gasteiger partial charge < -0.3 is 20.7 Å². The van der Waals surface area contributed by atoms with E-state index in [1.165, 1.54) is 0 Å². The van der Waals surface area contributed by atoms with E-state index in [1.54, 1.807) is 0 Å². The van der Waals surface area contributed by atoms with Crippen LogP contribution in [0.3, 0.4) is 0 Å². The number of aliphatic imine (C=N–C) groups is 1. The maximum atomic E-state index is 12.0. The van der Waals surface area contributed by atoms with Crippen molar-refractivity contribution < 1.29 is 17.9 Å². The average Bonchev–Trinajstić information content (AvgIpc) is 2.98. The van der Waals surface area contributed by atoms with Crippen molar-refractivity contribution in [1.29, 1.82) is 0 Å². The van der Waals surface area contributed by atoms with Crippen molar-refractivity contribution in [2.45, 2.75) is 45.8 Å². The Labute approximate surface area is 196 Å². The molecule has 1 aliphatic heterocycles. The van der Waals surface area contributed by atoms with Gasteiger partial charge in [-0.1, -0.05) is 12.1 Å². The molecule has 1 aromatic carbocycles. The van der Waals surface area contributed by atoms with Gasteiger partial charge in [0.2, 0.25) is 5.91 Å². The van der Waals surface area contributed by atoms with Gasteiger partial charge in [-0.3, -0.25) is 4.79 Å². The second-order valence-electron chi connectivity index (χ2n) is 7.31. The van der Waals surface area contributed by atoms with Gasteiger partial charge in [0.05, 0.1) is 18.1 Å². The summed E-state index contributed by atoms with van der Waals surface area (Å²) in [6.45, 7) is 7.52. The van der Waals surface area contributed by atoms with Gasteiger partial charge >= 0.3 is 0 Å². The summed E-state index contributed by atoms with van der Waals surface area (Å²) < 4.78 is 28.8. The quantitative estimate of drug-likeness (QED) is 0.244. The normalized spacial score (nSPS) is 18.8. The van der Waals surface area contributed by atoms with Crippen molar-refractivity contribution in [3.05, 3.63) is 29.8 Å². The molecule has 30 heavy (non-hydrogen) atoms. The monoisotopic (exact) mass is 552 g/mol. The Balaban J connectivity index is 0.00000450. The van der Waals surface area contributed by atoms with Crippen LogP contribution in [-0.4, -0.2) is 63.6 Å². The number of carbonyl (C=O) groups is 1. The highest BCUT2D eigenvalue weighted by Gasteiger charge is 2.28. The summed E-state index contributed by atoms with van der Waals surface area (Å²) in [5.74, 6) is 1.46. The molecule has 0 radical (unpaired) electrons. The summed E-state index contributed by atoms with van der Waals surface area (Å²) in [7, 11) is -2.99. The summed E-state index contributed by atoms with van der Waals surface area (Å²) in [5.41, 5.74) is 1.14. The number of benzene rings is 1. The zero-order valence-corrected chi connectivity index (χ0v) is 21.0. The summed E-state index contributed by atoms with van der Waals surface area (Å²) >= 11 is 0. The summed E-state index contributed by atoms with van der Waals surface area (Å²) in [6, 6.07) is 7.61. The fourth-order valence-corrected chi connectivity index (χ4v) is 4.70. The van der Waals surface area contributed by atoms with E-state index < -0.39 is 9.84 Å². The van der Waals surface area contributed by atoms with Gasteiger partial charge in [0.15, 0.2) is 15.8 Å². The van der Waals surface area contributed by atoms with Crippen molar-refractivity contribution in [3.8, 4) is 5.75 Å². The van der Waals surface area contributed by atoms with Gasteiger partial charge in [0, 0.05) is 25.6 Å². The molecule has 1 aliphatic rings. The highest BCUT2D eigenvalue weighted by Crippen LogP contribution is 2.14. The van der Waals surface area contributed by atoms with E-state index >= 15 is 0 Å². The number of hydrogen-bond donors (Lipinski definition) is 3. The first kappa shape index (κ1) is 26.5. The molecule has 0 spiro atoms. The molecule has 0 bridgehead atoms. The molecule has 2 unspecified atom stereocenters. The standard InChI is InChI=1S/C20H32N4O4S.HI/c1-4-21-20(23-13-16(3)28-18-7-5-6-15(2)12-18)22-10-8-19(25)24-17-9-11-29(26,27)14-17;/h5-7,12,16-17H,4,8-11,13-14H2,1-3H3,(H,24,25)(H2,21,22,23);1H. The van der Waals surface area contributed by atoms with E-state index in [9.17, 15) is 13.2 Å². The molecule has 2 rings (SSSR count). The molecule has 1 fully saturated rings. The first-order chi connectivity index (χ1) is 13.8. The predicted octanol–water partition coefficient (Wildman–Crippen LogP) is 1.63. The number of guanidine groups is 1. The Hall–Kier alpha value is -1.56. The molecule has 1 amide bonds. The van der Waals surface area contributed by atoms with Gasteiger partial charge in [-0.2, -0.15) is 0 Å². The number of hydrogen-bond acceptors (Lipinski definition) is 5. The van der Waals surface area contributed by atoms with Crippen molar-refractivity contribution in [1.82, 2.24) is 16.0 Å². The van der Waals surface area contributed by atoms with Crippen LogP contribution in [0, 0.1) is 6.92 Å². The Morgan fingerprint density at radius 1 is 1.33 bits per heavy atom. The Bertz CT molecular complexity index is 817. The SMILES string of the molecule is CCNC(=NCC(C)Oc1cccc(C)c1)NCCC(=O)NC1CCS(=O)(=O)C1.I. The predicted molar refractivity (Wildman–Crippen MR) is 130 cm³/mol. The molecule has 8 nitrogen and oxygen atoms in total. The van der Waals surface area contributed by atoms with Gasteiger partial charge in [0.1, 0.15) is 11.9 Å². The number of sulfone groups is 1. The molecular formula is C20H33IN4O4S. The minimum atomic E-state index is -2.99. The zero-order chi connectivity index (χ0) is 21.3. The number of halogens is 1. The fraction of sp³-hybridized carbons (Fsp3) is 0.600. The molecule has 1 saturated heterocycles. The largest absolute Gasteiger partial charge is 0.489 e. The highest BCUT2D eigenvalue weighted by atomic mass is 127. The minimum Gasteiger partial charge on any atom is -0.489 e. The molecular weight excluding hydrogens is 519 g/mol. The van der Waals surface area contributed by atoms with Crippen LogP contribution in [0.4, 0.5) is 0 Å². The molecule has 0 saturated carbocycles. The molecule has 10 heteroatoms. The van der Waals surface area contributed by atoms with Gasteiger partial charge in [-0.05, 0) is 44.9 Å². The van der Waals surface area contributed by atoms with Gasteiger partial charge in [0.25, 0.3) is 0 Å². The number of carbonyl (C=O) groups excluding carboxylic acids is 1. The van der Waals surface area contributed by atoms with Crippen LogP contribution in [0.2, 0.25) is 0 Å². The van der Waals surface area contributed by atoms with Crippen molar-refractivity contribution in [2.75, 3.05) is 31.1 Å². The molecule has 0 aromatic heterocycles. The van der Waals surface area contributed by atoms with E-state index in [0.29, 0.717) is 32.0 Å². The first-order valence-corrected chi connectivity index (χ1v) is 11.8. The van der Waals surface area contributed by atoms with Gasteiger partial charge in [-0.25, -0.2) is 13.4 Å². The number of nitrogens with zero attached hydrogens (tertiary/aromatic N) is 1. The molecule has 170 valence electrons. The van der Waals surface area contributed by atoms with Crippen LogP contribution in [-0.2, 0) is 14.6 Å². The van der Waals surface area contributed by atoms with E-state index in [4.69, 9.17) is 4.74 Å². The van der Waals surface area contributed by atoms with Crippen molar-refractivity contribution in [3.63, 3.8) is 0 Å². The molecule has 1 aromatic rings. The average molecular weight is 552 g/mol. The molecule has 1 heterocycles. The summed E-state index contributed by atoms with van der Waals surface area (Å²) in [5, 5.41) is 9.05. The number of rotatable bonds is 9. The highest BCUT2D eigenvalue weighted by molar-refractivity contribution is 14.0. The Kier molecular flexibility index (Phi) is 11.5. The minimum absolute atomic E-state index is 0. The van der Waals surface area contributed by atoms with E-state index in [-0.39, 0.29) is 60.0 Å². The lowest BCUT2D eigenvalue weighted by atomic mass is 10.2. The second kappa shape index (κ2) is 13.0. The van der Waals surface area contributed by atoms with Crippen LogP contribution in [0.1, 0.15) is 32.3 Å². The van der Waals surface area contributed by atoms with E-state index in [1.807, 2.05) is 45.0 Å². The molecule has 2 atom stereocenters. The topological polar surface area (TPSA) is 109 Å². The lowest BCUT2D eigenvalue weighted by Gasteiger charge is -2.16. The maximum Gasteiger partial charge on any atom is 0.222 e. The number of ether oxygens (including phenoxy) is 1. The van der Waals surface area contributed by atoms with Crippen molar-refractivity contribution >= 4 is 45.7 Å². The van der Waals surface area contributed by atoms with E-state index in [2.05, 4.69) is 20.9 Å². The van der Waals surface area contributed by atoms with Crippen LogP contribution < -0.4 is 20.7 Å². The smallest absolute Gasteiger partial charge is 0.222 e. The molecule has 0 aliphatic carbocycles. The number of nitrogens with one attached hydrogen (secondary N) is 3. The maximum absolute atomic E-state index is 12.0. The third-order valence-corrected chi connectivity index (χ3v) is 6.19. The van der Waals surface area contributed by atoms with Crippen LogP contribution in [0.25, 0.3) is 0 Å². The van der Waals surface area contributed by atoms with E-state index in [0.717, 1.165) is 11.3 Å². The Morgan fingerprint density at radius 3 is 2.73 bits per heavy atom. The lowest BCUT2D eigenvalue weighted by Crippen LogP contribution is -2.41. The third kappa shape index (κ3) is 9.96. The fourth-order valence-electron chi connectivity index (χ4n) is 3.02. The zero-order valence-electron chi connectivity index (χ0n) is 17.8. The summed E-state index contributed by atoms with van der Waals surface area (Å²) in [4.78, 5) is 16.5. The number of amides is 1. The van der Waals surface area contributed by atoms with Crippen LogP contribution in [0.5, 0.6) is 5.75 Å². The van der Waals surface area contributed by atoms with Crippen molar-refractivity contribution in [2.24, 2.45) is 4.99 Å². The lowest BCUT2D eigenvalue weighted by molar-refractivity contribution is -0.121. The molecule has 3 N–H and O–H groups in total. The summed E-state index contributed by atoms with van der Waals surface area (Å²) in [6.07, 6.45) is 0.639. The van der Waals surface area contributed by atoms with Crippen LogP contribution in [0.15, 0.2) is 29.3 Å². The second-order valence-corrected chi connectivity index (χ2v) is 9.54. The Morgan fingerprint density at radius 2 is 2.10 bits per heavy atom. The third-order valence-electron chi connectivity index (χ3n) is 4.42. The number of aryl methyl sites for hydroxylation is 1. The first-order valence-electron chi connectivity index (χ1n) is 10.0. The van der Waals surface area contributed by atoms with Crippen LogP contribution >= 0.6 is 24.0 Å².